The third-order valence-corrected chi connectivity index (χ3v) is 1.07. The molecule has 1 unspecified atom stereocenters. The van der Waals surface area contributed by atoms with Crippen LogP contribution in [0, 0.1) is 5.92 Å². The summed E-state index contributed by atoms with van der Waals surface area (Å²) >= 11 is 0. The molecule has 0 rings (SSSR count). The third kappa shape index (κ3) is 96.0. The molecule has 1 atom stereocenters. The van der Waals surface area contributed by atoms with Crippen LogP contribution < -0.4 is 0 Å². The highest BCUT2D eigenvalue weighted by atomic mass is 16.3. The molecule has 0 aromatic rings. The van der Waals surface area contributed by atoms with Gasteiger partial charge in [0.2, 0.25) is 0 Å². The molecule has 0 saturated heterocycles. The summed E-state index contributed by atoms with van der Waals surface area (Å²) in [6, 6.07) is 0. The molecule has 0 spiro atoms. The van der Waals surface area contributed by atoms with Crippen LogP contribution in [0.25, 0.3) is 0 Å². The van der Waals surface area contributed by atoms with Gasteiger partial charge in [-0.15, -0.1) is 0 Å². The minimum Gasteiger partial charge on any atom is -0.396 e. The van der Waals surface area contributed by atoms with Gasteiger partial charge in [-0.2, -0.15) is 0 Å². The van der Waals surface area contributed by atoms with Crippen LogP contribution in [0.1, 0.15) is 75.7 Å². The second-order valence-corrected chi connectivity index (χ2v) is 3.92. The maximum Gasteiger partial charge on any atom is 0.0512 e. The Morgan fingerprint density at radius 3 is 1.19 bits per heavy atom. The van der Waals surface area contributed by atoms with Gasteiger partial charge < -0.3 is 10.2 Å². The molecule has 2 heteroatoms. The Morgan fingerprint density at radius 2 is 1.19 bits per heavy atom. The Labute approximate surface area is 105 Å². The first-order valence-corrected chi connectivity index (χ1v) is 5.74. The lowest BCUT2D eigenvalue weighted by Crippen LogP contribution is -1.95. The van der Waals surface area contributed by atoms with Gasteiger partial charge in [0.05, 0.1) is 6.10 Å². The molecule has 0 saturated carbocycles. The number of rotatable bonds is 3. The van der Waals surface area contributed by atoms with Gasteiger partial charge in [-0.3, -0.25) is 0 Å². The predicted molar refractivity (Wildman–Crippen MR) is 77.9 cm³/mol. The van der Waals surface area contributed by atoms with Crippen LogP contribution >= 0.6 is 0 Å². The molecule has 0 bridgehead atoms. The zero-order valence-electron chi connectivity index (χ0n) is 10.9. The van der Waals surface area contributed by atoms with E-state index in [1.807, 2.05) is 20.8 Å². The molecule has 0 radical (unpaired) electrons. The van der Waals surface area contributed by atoms with Crippen LogP contribution in [0.3, 0.4) is 0 Å². The summed E-state index contributed by atoms with van der Waals surface area (Å²) in [6.07, 6.45) is 3.16. The van der Waals surface area contributed by atoms with Gasteiger partial charge in [0, 0.05) is 6.61 Å². The van der Waals surface area contributed by atoms with Gasteiger partial charge in [-0.05, 0) is 19.3 Å². The fraction of sp³-hybridized carbons (Fsp3) is 1.00. The van der Waals surface area contributed by atoms with E-state index in [-0.39, 0.29) is 21.0 Å². The van der Waals surface area contributed by atoms with Gasteiger partial charge in [0.15, 0.2) is 0 Å². The fourth-order valence-corrected chi connectivity index (χ4v) is 0.418. The van der Waals surface area contributed by atoms with E-state index in [4.69, 9.17) is 10.2 Å². The van der Waals surface area contributed by atoms with E-state index >= 15 is 0 Å². The number of hydrogen-bond donors (Lipinski definition) is 2. The molecular formula is C14H38O2. The minimum atomic E-state index is -0.102. The second kappa shape index (κ2) is 29.4. The lowest BCUT2D eigenvalue weighted by atomic mass is 10.2. The molecule has 2 N–H and O–H groups in total. The lowest BCUT2D eigenvalue weighted by Gasteiger charge is -1.95. The van der Waals surface area contributed by atoms with Crippen LogP contribution in [0.4, 0.5) is 0 Å². The number of hydrogen-bond acceptors (Lipinski definition) is 2. The average molecular weight is 238 g/mol. The Bertz CT molecular complexity index is 71.1. The first-order valence-electron chi connectivity index (χ1n) is 5.74. The quantitative estimate of drug-likeness (QED) is 0.760. The van der Waals surface area contributed by atoms with Crippen molar-refractivity contribution in [1.82, 2.24) is 0 Å². The lowest BCUT2D eigenvalue weighted by molar-refractivity contribution is 0.183. The smallest absolute Gasteiger partial charge is 0.0512 e. The topological polar surface area (TPSA) is 40.5 Å². The number of aliphatic hydroxyl groups excluding tert-OH is 2. The van der Waals surface area contributed by atoms with E-state index in [0.29, 0.717) is 12.5 Å². The molecule has 0 aliphatic rings. The normalized spacial score (nSPS) is 9.56. The van der Waals surface area contributed by atoms with Crippen LogP contribution in [0.5, 0.6) is 0 Å². The monoisotopic (exact) mass is 238 g/mol. The minimum absolute atomic E-state index is 0. The highest BCUT2D eigenvalue weighted by Gasteiger charge is 1.87. The van der Waals surface area contributed by atoms with Crippen LogP contribution in [-0.4, -0.2) is 22.9 Å². The van der Waals surface area contributed by atoms with Crippen LogP contribution in [0.2, 0.25) is 0 Å². The van der Waals surface area contributed by atoms with E-state index in [1.165, 1.54) is 6.42 Å². The van der Waals surface area contributed by atoms with Crippen molar-refractivity contribution in [3.63, 3.8) is 0 Å². The molecule has 0 aromatic heterocycles. The van der Waals surface area contributed by atoms with Crippen molar-refractivity contribution < 1.29 is 10.2 Å². The van der Waals surface area contributed by atoms with E-state index in [9.17, 15) is 0 Å². The maximum absolute atomic E-state index is 8.55. The molecule has 106 valence electrons. The molecule has 0 fully saturated rings. The predicted octanol–water partition coefficient (Wildman–Crippen LogP) is 4.49. The zero-order chi connectivity index (χ0) is 12.0. The Morgan fingerprint density at radius 1 is 0.938 bits per heavy atom. The van der Waals surface area contributed by atoms with Gasteiger partial charge in [-0.25, -0.2) is 0 Å². The van der Waals surface area contributed by atoms with Crippen molar-refractivity contribution in [3.8, 4) is 0 Å². The standard InChI is InChI=1S/C5H12O.C4H10O.C3H8.2CH4/c1-3-4-5(2)6;1-4(2)3-5;1-3-2;;/h5-6H,3-4H2,1-2H3;4-5H,3H2,1-2H3;3H2,1-2H3;2*1H4. The first-order chi connectivity index (χ1) is 6.45. The zero-order valence-corrected chi connectivity index (χ0v) is 10.9. The summed E-state index contributed by atoms with van der Waals surface area (Å²) in [5.74, 6) is 0.440. The molecule has 16 heavy (non-hydrogen) atoms. The van der Waals surface area contributed by atoms with E-state index in [0.717, 1.165) is 12.8 Å². The molecule has 0 aliphatic heterocycles. The fourth-order valence-electron chi connectivity index (χ4n) is 0.418. The van der Waals surface area contributed by atoms with Gasteiger partial charge in [0.1, 0.15) is 0 Å². The van der Waals surface area contributed by atoms with E-state index < -0.39 is 0 Å². The summed E-state index contributed by atoms with van der Waals surface area (Å²) in [6.45, 7) is 12.4. The summed E-state index contributed by atoms with van der Waals surface area (Å²) in [5.41, 5.74) is 0. The van der Waals surface area contributed by atoms with Crippen molar-refractivity contribution >= 4 is 0 Å². The second-order valence-electron chi connectivity index (χ2n) is 3.92. The summed E-state index contributed by atoms with van der Waals surface area (Å²) in [7, 11) is 0. The summed E-state index contributed by atoms with van der Waals surface area (Å²) in [4.78, 5) is 0. The summed E-state index contributed by atoms with van der Waals surface area (Å²) < 4.78 is 0. The Hall–Kier alpha value is -0.0800. The summed E-state index contributed by atoms with van der Waals surface area (Å²) in [5, 5.41) is 16.7. The molecule has 0 amide bonds. The SMILES string of the molecule is C.C.CC(C)CO.CCC.CCCC(C)O. The largest absolute Gasteiger partial charge is 0.396 e. The van der Waals surface area contributed by atoms with Crippen molar-refractivity contribution in [1.29, 1.82) is 0 Å². The van der Waals surface area contributed by atoms with Crippen LogP contribution in [-0.2, 0) is 0 Å². The van der Waals surface area contributed by atoms with E-state index in [2.05, 4.69) is 20.8 Å². The first kappa shape index (κ1) is 29.7. The van der Waals surface area contributed by atoms with Crippen molar-refractivity contribution in [2.75, 3.05) is 6.61 Å². The third-order valence-electron chi connectivity index (χ3n) is 1.07. The molecule has 0 aromatic carbocycles. The van der Waals surface area contributed by atoms with Crippen molar-refractivity contribution in [3.05, 3.63) is 0 Å². The molecule has 0 aliphatic carbocycles. The Balaban J connectivity index is -0.0000000373. The van der Waals surface area contributed by atoms with Gasteiger partial charge in [0.25, 0.3) is 0 Å². The average Bonchev–Trinajstić information content (AvgIpc) is 2.06. The highest BCUT2D eigenvalue weighted by Crippen LogP contribution is 1.91. The molecular weight excluding hydrogens is 200 g/mol. The van der Waals surface area contributed by atoms with Crippen LogP contribution in [0.15, 0.2) is 0 Å². The van der Waals surface area contributed by atoms with Gasteiger partial charge in [-0.1, -0.05) is 62.3 Å². The molecule has 2 nitrogen and oxygen atoms in total. The van der Waals surface area contributed by atoms with Crippen molar-refractivity contribution in [2.45, 2.75) is 81.8 Å². The molecule has 0 heterocycles. The van der Waals surface area contributed by atoms with Gasteiger partial charge >= 0.3 is 0 Å². The van der Waals surface area contributed by atoms with E-state index in [1.54, 1.807) is 0 Å². The highest BCUT2D eigenvalue weighted by molar-refractivity contribution is 4.40. The number of aliphatic hydroxyl groups is 2. The van der Waals surface area contributed by atoms with Crippen molar-refractivity contribution in [2.24, 2.45) is 5.92 Å². The maximum atomic E-state index is 8.55. The Kier molecular flexibility index (Phi) is 54.6.